The van der Waals surface area contributed by atoms with E-state index in [1.54, 1.807) is 0 Å². The van der Waals surface area contributed by atoms with Crippen LogP contribution in [0.2, 0.25) is 0 Å². The molecule has 1 aromatic heterocycles. The van der Waals surface area contributed by atoms with E-state index in [0.717, 1.165) is 29.4 Å². The molecular weight excluding hydrogens is 314 g/mol. The quantitative estimate of drug-likeness (QED) is 0.910. The van der Waals surface area contributed by atoms with Gasteiger partial charge in [0, 0.05) is 23.3 Å². The molecule has 20 heavy (non-hydrogen) atoms. The van der Waals surface area contributed by atoms with E-state index in [1.807, 2.05) is 11.7 Å². The summed E-state index contributed by atoms with van der Waals surface area (Å²) in [5.74, 6) is 0. The van der Waals surface area contributed by atoms with Crippen molar-refractivity contribution >= 4 is 15.9 Å². The SMILES string of the molecule is Cc1nn(C)c(C)c1CCC(N)Cc1ccc(Br)cc1. The number of aromatic nitrogens is 2. The minimum atomic E-state index is 0.190. The second kappa shape index (κ2) is 6.55. The van der Waals surface area contributed by atoms with Gasteiger partial charge in [-0.25, -0.2) is 0 Å². The average Bonchev–Trinajstić information content (AvgIpc) is 2.64. The standard InChI is InChI=1S/C16H22BrN3/c1-11-16(12(2)20(3)19-11)9-8-15(18)10-13-4-6-14(17)7-5-13/h4-7,15H,8-10,18H2,1-3H3. The fourth-order valence-electron chi connectivity index (χ4n) is 2.53. The number of nitrogens with two attached hydrogens (primary N) is 1. The highest BCUT2D eigenvalue weighted by molar-refractivity contribution is 9.10. The number of hydrogen-bond donors (Lipinski definition) is 1. The topological polar surface area (TPSA) is 43.8 Å². The summed E-state index contributed by atoms with van der Waals surface area (Å²) in [5, 5.41) is 4.45. The van der Waals surface area contributed by atoms with Crippen molar-refractivity contribution in [1.29, 1.82) is 0 Å². The Morgan fingerprint density at radius 3 is 2.45 bits per heavy atom. The minimum Gasteiger partial charge on any atom is -0.327 e. The van der Waals surface area contributed by atoms with Crippen LogP contribution < -0.4 is 5.73 Å². The molecule has 1 atom stereocenters. The molecule has 2 N–H and O–H groups in total. The van der Waals surface area contributed by atoms with Crippen molar-refractivity contribution in [2.75, 3.05) is 0 Å². The van der Waals surface area contributed by atoms with Gasteiger partial charge in [-0.2, -0.15) is 5.10 Å². The minimum absolute atomic E-state index is 0.190. The fourth-order valence-corrected chi connectivity index (χ4v) is 2.80. The van der Waals surface area contributed by atoms with Crippen molar-refractivity contribution in [3.05, 3.63) is 51.3 Å². The van der Waals surface area contributed by atoms with Crippen LogP contribution in [0.25, 0.3) is 0 Å². The first-order valence-electron chi connectivity index (χ1n) is 6.96. The van der Waals surface area contributed by atoms with Crippen LogP contribution in [0.1, 0.15) is 28.9 Å². The summed E-state index contributed by atoms with van der Waals surface area (Å²) < 4.78 is 3.06. The molecule has 0 amide bonds. The molecule has 1 aromatic carbocycles. The van der Waals surface area contributed by atoms with Gasteiger partial charge in [0.15, 0.2) is 0 Å². The van der Waals surface area contributed by atoms with Gasteiger partial charge in [-0.3, -0.25) is 4.68 Å². The summed E-state index contributed by atoms with van der Waals surface area (Å²) in [4.78, 5) is 0. The van der Waals surface area contributed by atoms with Crippen LogP contribution in [0, 0.1) is 13.8 Å². The molecular formula is C16H22BrN3. The first-order valence-corrected chi connectivity index (χ1v) is 7.75. The molecule has 0 saturated carbocycles. The molecule has 0 bridgehead atoms. The van der Waals surface area contributed by atoms with Gasteiger partial charge in [-0.05, 0) is 56.4 Å². The third-order valence-corrected chi connectivity index (χ3v) is 4.36. The van der Waals surface area contributed by atoms with Crippen LogP contribution >= 0.6 is 15.9 Å². The molecule has 0 aliphatic carbocycles. The highest BCUT2D eigenvalue weighted by Crippen LogP contribution is 2.16. The van der Waals surface area contributed by atoms with E-state index in [2.05, 4.69) is 59.1 Å². The molecule has 1 unspecified atom stereocenters. The Hall–Kier alpha value is -1.13. The smallest absolute Gasteiger partial charge is 0.0628 e. The van der Waals surface area contributed by atoms with Crippen molar-refractivity contribution < 1.29 is 0 Å². The lowest BCUT2D eigenvalue weighted by molar-refractivity contribution is 0.608. The lowest BCUT2D eigenvalue weighted by Gasteiger charge is -2.12. The summed E-state index contributed by atoms with van der Waals surface area (Å²) in [5.41, 5.74) is 11.3. The van der Waals surface area contributed by atoms with E-state index in [0.29, 0.717) is 0 Å². The third kappa shape index (κ3) is 3.70. The first-order chi connectivity index (χ1) is 9.47. The maximum absolute atomic E-state index is 6.26. The fraction of sp³-hybridized carbons (Fsp3) is 0.438. The monoisotopic (exact) mass is 335 g/mol. The summed E-state index contributed by atoms with van der Waals surface area (Å²) in [6.45, 7) is 4.19. The Labute approximate surface area is 129 Å². The molecule has 0 radical (unpaired) electrons. The van der Waals surface area contributed by atoms with Gasteiger partial charge >= 0.3 is 0 Å². The predicted octanol–water partition coefficient (Wildman–Crippen LogP) is 3.30. The number of nitrogens with zero attached hydrogens (tertiary/aromatic N) is 2. The van der Waals surface area contributed by atoms with Gasteiger partial charge in [0.25, 0.3) is 0 Å². The zero-order chi connectivity index (χ0) is 14.7. The van der Waals surface area contributed by atoms with Gasteiger partial charge < -0.3 is 5.73 Å². The van der Waals surface area contributed by atoms with Crippen LogP contribution in [0.3, 0.4) is 0 Å². The Morgan fingerprint density at radius 2 is 1.90 bits per heavy atom. The lowest BCUT2D eigenvalue weighted by Crippen LogP contribution is -2.23. The van der Waals surface area contributed by atoms with Crippen molar-refractivity contribution in [3.63, 3.8) is 0 Å². The third-order valence-electron chi connectivity index (χ3n) is 3.84. The number of halogens is 1. The largest absolute Gasteiger partial charge is 0.327 e. The molecule has 108 valence electrons. The summed E-state index contributed by atoms with van der Waals surface area (Å²) in [6, 6.07) is 8.58. The van der Waals surface area contributed by atoms with Crippen molar-refractivity contribution in [1.82, 2.24) is 9.78 Å². The molecule has 0 aliphatic heterocycles. The number of rotatable bonds is 5. The predicted molar refractivity (Wildman–Crippen MR) is 86.8 cm³/mol. The van der Waals surface area contributed by atoms with Crippen molar-refractivity contribution in [2.45, 2.75) is 39.2 Å². The second-order valence-corrected chi connectivity index (χ2v) is 6.32. The molecule has 0 spiro atoms. The van der Waals surface area contributed by atoms with Gasteiger partial charge in [0.05, 0.1) is 5.69 Å². The van der Waals surface area contributed by atoms with Crippen LogP contribution in [0.5, 0.6) is 0 Å². The summed E-state index contributed by atoms with van der Waals surface area (Å²) in [6.07, 6.45) is 2.91. The first kappa shape index (κ1) is 15.3. The molecule has 0 aliphatic rings. The molecule has 2 rings (SSSR count). The molecule has 0 fully saturated rings. The lowest BCUT2D eigenvalue weighted by atomic mass is 9.99. The van der Waals surface area contributed by atoms with E-state index in [4.69, 9.17) is 5.73 Å². The maximum atomic E-state index is 6.26. The van der Waals surface area contributed by atoms with Gasteiger partial charge in [0.2, 0.25) is 0 Å². The summed E-state index contributed by atoms with van der Waals surface area (Å²) in [7, 11) is 1.99. The summed E-state index contributed by atoms with van der Waals surface area (Å²) >= 11 is 3.45. The highest BCUT2D eigenvalue weighted by atomic mass is 79.9. The van der Waals surface area contributed by atoms with Gasteiger partial charge in [-0.15, -0.1) is 0 Å². The van der Waals surface area contributed by atoms with E-state index < -0.39 is 0 Å². The Balaban J connectivity index is 1.92. The molecule has 1 heterocycles. The van der Waals surface area contributed by atoms with Gasteiger partial charge in [-0.1, -0.05) is 28.1 Å². The number of benzene rings is 1. The maximum Gasteiger partial charge on any atom is 0.0628 e. The molecule has 4 heteroatoms. The molecule has 0 saturated heterocycles. The van der Waals surface area contributed by atoms with Crippen molar-refractivity contribution in [2.24, 2.45) is 12.8 Å². The van der Waals surface area contributed by atoms with Crippen LogP contribution in [-0.4, -0.2) is 15.8 Å². The van der Waals surface area contributed by atoms with E-state index in [1.165, 1.54) is 16.8 Å². The zero-order valence-electron chi connectivity index (χ0n) is 12.4. The average molecular weight is 336 g/mol. The van der Waals surface area contributed by atoms with Crippen molar-refractivity contribution in [3.8, 4) is 0 Å². The molecule has 2 aromatic rings. The Kier molecular flexibility index (Phi) is 5.00. The zero-order valence-corrected chi connectivity index (χ0v) is 13.9. The second-order valence-electron chi connectivity index (χ2n) is 5.40. The van der Waals surface area contributed by atoms with Gasteiger partial charge in [0.1, 0.15) is 0 Å². The number of hydrogen-bond acceptors (Lipinski definition) is 2. The van der Waals surface area contributed by atoms with E-state index >= 15 is 0 Å². The van der Waals surface area contributed by atoms with Crippen LogP contribution in [0.15, 0.2) is 28.7 Å². The molecule has 3 nitrogen and oxygen atoms in total. The Bertz CT molecular complexity index is 572. The Morgan fingerprint density at radius 1 is 1.25 bits per heavy atom. The highest BCUT2D eigenvalue weighted by Gasteiger charge is 2.11. The van der Waals surface area contributed by atoms with E-state index in [9.17, 15) is 0 Å². The van der Waals surface area contributed by atoms with Crippen LogP contribution in [0.4, 0.5) is 0 Å². The normalized spacial score (nSPS) is 12.7. The van der Waals surface area contributed by atoms with E-state index in [-0.39, 0.29) is 6.04 Å². The number of aryl methyl sites for hydroxylation is 2. The van der Waals surface area contributed by atoms with Crippen LogP contribution in [-0.2, 0) is 19.9 Å².